The lowest BCUT2D eigenvalue weighted by atomic mass is 10.1. The Bertz CT molecular complexity index is 400. The van der Waals surface area contributed by atoms with E-state index in [-0.39, 0.29) is 5.56 Å². The fourth-order valence-corrected chi connectivity index (χ4v) is 1.20. The van der Waals surface area contributed by atoms with E-state index in [1.54, 1.807) is 0 Å². The number of hydrazone groups is 1. The molecule has 0 unspecified atom stereocenters. The second-order valence-electron chi connectivity index (χ2n) is 2.64. The van der Waals surface area contributed by atoms with Crippen LogP contribution < -0.4 is 5.84 Å². The Morgan fingerprint density at radius 3 is 2.40 bits per heavy atom. The van der Waals surface area contributed by atoms with Crippen LogP contribution >= 0.6 is 11.6 Å². The van der Waals surface area contributed by atoms with Crippen molar-refractivity contribution in [2.45, 2.75) is 6.18 Å². The molecule has 15 heavy (non-hydrogen) atoms. The molecule has 0 atom stereocenters. The minimum absolute atomic E-state index is 0.0174. The van der Waals surface area contributed by atoms with E-state index in [1.165, 1.54) is 0 Å². The quantitative estimate of drug-likeness (QED) is 0.349. The summed E-state index contributed by atoms with van der Waals surface area (Å²) in [5.74, 6) is 3.26. The van der Waals surface area contributed by atoms with E-state index >= 15 is 0 Å². The third-order valence-corrected chi connectivity index (χ3v) is 1.85. The number of benzene rings is 1. The second-order valence-corrected chi connectivity index (χ2v) is 3.05. The average molecular weight is 241 g/mol. The second kappa shape index (κ2) is 4.06. The minimum Gasteiger partial charge on any atom is -0.323 e. The van der Waals surface area contributed by atoms with Crippen molar-refractivity contribution < 1.29 is 17.6 Å². The normalized spacial score (nSPS) is 12.3. The van der Waals surface area contributed by atoms with Gasteiger partial charge in [0.1, 0.15) is 0 Å². The molecule has 2 N–H and O–H groups in total. The molecule has 1 aromatic carbocycles. The Kier molecular flexibility index (Phi) is 3.18. The fourth-order valence-electron chi connectivity index (χ4n) is 0.977. The Morgan fingerprint density at radius 1 is 1.33 bits per heavy atom. The lowest BCUT2D eigenvalue weighted by Crippen LogP contribution is -2.09. The van der Waals surface area contributed by atoms with Gasteiger partial charge in [-0.3, -0.25) is 0 Å². The van der Waals surface area contributed by atoms with Gasteiger partial charge < -0.3 is 5.84 Å². The summed E-state index contributed by atoms with van der Waals surface area (Å²) in [5, 5.41) is 2.40. The average Bonchev–Trinajstić information content (AvgIpc) is 2.09. The highest BCUT2D eigenvalue weighted by Gasteiger charge is 2.35. The molecule has 7 heteroatoms. The largest absolute Gasteiger partial charge is 0.419 e. The zero-order valence-corrected chi connectivity index (χ0v) is 7.90. The van der Waals surface area contributed by atoms with Gasteiger partial charge in [-0.1, -0.05) is 11.6 Å². The summed E-state index contributed by atoms with van der Waals surface area (Å²) in [5.41, 5.74) is -1.46. The number of hydrogen-bond donors (Lipinski definition) is 1. The molecule has 0 aromatic heterocycles. The van der Waals surface area contributed by atoms with Gasteiger partial charge in [0.25, 0.3) is 0 Å². The summed E-state index contributed by atoms with van der Waals surface area (Å²) in [6.45, 7) is 0. The monoisotopic (exact) mass is 240 g/mol. The molecule has 0 aliphatic heterocycles. The molecule has 0 saturated heterocycles. The van der Waals surface area contributed by atoms with Gasteiger partial charge in [-0.15, -0.1) is 0 Å². The van der Waals surface area contributed by atoms with Crippen molar-refractivity contribution >= 4 is 17.8 Å². The van der Waals surface area contributed by atoms with Gasteiger partial charge in [0.15, 0.2) is 5.82 Å². The van der Waals surface area contributed by atoms with Crippen LogP contribution in [0.15, 0.2) is 17.2 Å². The SMILES string of the molecule is NN=Cc1cc(Cl)c(F)c(C(F)(F)F)c1. The van der Waals surface area contributed by atoms with Gasteiger partial charge in [0.2, 0.25) is 0 Å². The molecule has 0 bridgehead atoms. The Hall–Kier alpha value is -1.30. The molecule has 1 aromatic rings. The van der Waals surface area contributed by atoms with Crippen LogP contribution in [0.3, 0.4) is 0 Å². The van der Waals surface area contributed by atoms with Crippen LogP contribution in [-0.4, -0.2) is 6.21 Å². The lowest BCUT2D eigenvalue weighted by Gasteiger charge is -2.09. The topological polar surface area (TPSA) is 38.4 Å². The first-order valence-corrected chi connectivity index (χ1v) is 4.03. The summed E-state index contributed by atoms with van der Waals surface area (Å²) >= 11 is 5.28. The van der Waals surface area contributed by atoms with Crippen LogP contribution in [0.25, 0.3) is 0 Å². The number of rotatable bonds is 1. The number of nitrogens with two attached hydrogens (primary N) is 1. The molecule has 0 fully saturated rings. The zero-order valence-electron chi connectivity index (χ0n) is 7.15. The van der Waals surface area contributed by atoms with Crippen LogP contribution in [0, 0.1) is 5.82 Å². The molecule has 0 radical (unpaired) electrons. The van der Waals surface area contributed by atoms with Crippen LogP contribution in [0.1, 0.15) is 11.1 Å². The standard InChI is InChI=1S/C8H5ClF4N2/c9-6-2-4(3-15-14)1-5(7(6)10)8(11,12)13/h1-3H,14H2. The van der Waals surface area contributed by atoms with Crippen LogP contribution in [0.4, 0.5) is 17.6 Å². The number of hydrogen-bond acceptors (Lipinski definition) is 2. The summed E-state index contributed by atoms with van der Waals surface area (Å²) in [6.07, 6.45) is -3.85. The summed E-state index contributed by atoms with van der Waals surface area (Å²) in [6, 6.07) is 1.58. The van der Waals surface area contributed by atoms with Gasteiger partial charge in [-0.25, -0.2) is 4.39 Å². The minimum atomic E-state index is -4.80. The van der Waals surface area contributed by atoms with Crippen molar-refractivity contribution in [1.82, 2.24) is 0 Å². The van der Waals surface area contributed by atoms with Crippen molar-refractivity contribution in [1.29, 1.82) is 0 Å². The third kappa shape index (κ3) is 2.59. The zero-order chi connectivity index (χ0) is 11.6. The van der Waals surface area contributed by atoms with Crippen molar-refractivity contribution in [2.24, 2.45) is 10.9 Å². The Labute approximate surface area is 87.3 Å². The maximum absolute atomic E-state index is 13.0. The van der Waals surface area contributed by atoms with Gasteiger partial charge in [-0.05, 0) is 17.7 Å². The van der Waals surface area contributed by atoms with E-state index in [0.29, 0.717) is 6.07 Å². The molecule has 0 spiro atoms. The van der Waals surface area contributed by atoms with Gasteiger partial charge in [0.05, 0.1) is 16.8 Å². The van der Waals surface area contributed by atoms with E-state index in [4.69, 9.17) is 17.4 Å². The highest BCUT2D eigenvalue weighted by molar-refractivity contribution is 6.31. The van der Waals surface area contributed by atoms with Crippen molar-refractivity contribution in [3.05, 3.63) is 34.1 Å². The molecule has 1 rings (SSSR count). The third-order valence-electron chi connectivity index (χ3n) is 1.58. The summed E-state index contributed by atoms with van der Waals surface area (Å²) in [7, 11) is 0. The van der Waals surface area contributed by atoms with E-state index in [0.717, 1.165) is 12.3 Å². The number of alkyl halides is 3. The Balaban J connectivity index is 3.38. The molecule has 82 valence electrons. The molecule has 0 heterocycles. The highest BCUT2D eigenvalue weighted by Crippen LogP contribution is 2.34. The molecule has 2 nitrogen and oxygen atoms in total. The summed E-state index contributed by atoms with van der Waals surface area (Å²) < 4.78 is 49.8. The first kappa shape index (κ1) is 11.8. The summed E-state index contributed by atoms with van der Waals surface area (Å²) in [4.78, 5) is 0. The van der Waals surface area contributed by atoms with Gasteiger partial charge in [0, 0.05) is 0 Å². The van der Waals surface area contributed by atoms with Gasteiger partial charge in [-0.2, -0.15) is 18.3 Å². The van der Waals surface area contributed by atoms with Crippen LogP contribution in [-0.2, 0) is 6.18 Å². The van der Waals surface area contributed by atoms with Crippen LogP contribution in [0.5, 0.6) is 0 Å². The smallest absolute Gasteiger partial charge is 0.323 e. The van der Waals surface area contributed by atoms with E-state index in [1.807, 2.05) is 0 Å². The maximum atomic E-state index is 13.0. The first-order chi connectivity index (χ1) is 6.86. The highest BCUT2D eigenvalue weighted by atomic mass is 35.5. The van der Waals surface area contributed by atoms with E-state index in [9.17, 15) is 17.6 Å². The maximum Gasteiger partial charge on any atom is 0.419 e. The molecule has 0 amide bonds. The molecule has 0 aliphatic rings. The number of halogens is 5. The lowest BCUT2D eigenvalue weighted by molar-refractivity contribution is -0.140. The molecule has 0 saturated carbocycles. The number of nitrogens with zero attached hydrogens (tertiary/aromatic N) is 1. The van der Waals surface area contributed by atoms with Crippen molar-refractivity contribution in [3.8, 4) is 0 Å². The predicted octanol–water partition coefficient (Wildman–Crippen LogP) is 2.79. The molecular weight excluding hydrogens is 236 g/mol. The predicted molar refractivity (Wildman–Crippen MR) is 48.2 cm³/mol. The van der Waals surface area contributed by atoms with E-state index < -0.39 is 22.6 Å². The van der Waals surface area contributed by atoms with E-state index in [2.05, 4.69) is 5.10 Å². The van der Waals surface area contributed by atoms with Crippen molar-refractivity contribution in [3.63, 3.8) is 0 Å². The van der Waals surface area contributed by atoms with Gasteiger partial charge >= 0.3 is 6.18 Å². The Morgan fingerprint density at radius 2 is 1.93 bits per heavy atom. The first-order valence-electron chi connectivity index (χ1n) is 3.65. The fraction of sp³-hybridized carbons (Fsp3) is 0.125. The van der Waals surface area contributed by atoms with Crippen LogP contribution in [0.2, 0.25) is 5.02 Å². The molecular formula is C8H5ClF4N2. The molecule has 0 aliphatic carbocycles. The van der Waals surface area contributed by atoms with Crippen molar-refractivity contribution in [2.75, 3.05) is 0 Å².